The van der Waals surface area contributed by atoms with E-state index in [4.69, 9.17) is 4.74 Å². The number of nitrogens with zero attached hydrogens (tertiary/aromatic N) is 1. The number of hydrogen-bond donors (Lipinski definition) is 2. The van der Waals surface area contributed by atoms with Crippen molar-refractivity contribution in [2.24, 2.45) is 0 Å². The zero-order chi connectivity index (χ0) is 15.5. The lowest BCUT2D eigenvalue weighted by Gasteiger charge is -2.23. The minimum absolute atomic E-state index is 0.0854. The molecule has 1 saturated heterocycles. The Morgan fingerprint density at radius 3 is 2.81 bits per heavy atom. The Hall–Kier alpha value is -1.87. The lowest BCUT2D eigenvalue weighted by Crippen LogP contribution is -2.41. The van der Waals surface area contributed by atoms with Crippen molar-refractivity contribution in [2.45, 2.75) is 18.1 Å². The second-order valence-electron chi connectivity index (χ2n) is 4.76. The van der Waals surface area contributed by atoms with E-state index >= 15 is 0 Å². The van der Waals surface area contributed by atoms with Crippen molar-refractivity contribution in [3.63, 3.8) is 0 Å². The molecule has 0 spiro atoms. The van der Waals surface area contributed by atoms with Gasteiger partial charge < -0.3 is 10.1 Å². The first-order chi connectivity index (χ1) is 9.94. The lowest BCUT2D eigenvalue weighted by atomic mass is 10.2. The van der Waals surface area contributed by atoms with Gasteiger partial charge in [0.2, 0.25) is 10.0 Å². The fraction of sp³-hybridized carbons (Fsp3) is 0.500. The summed E-state index contributed by atoms with van der Waals surface area (Å²) < 4.78 is 31.8. The summed E-state index contributed by atoms with van der Waals surface area (Å²) in [5, 5.41) is 13.4. The molecule has 0 aliphatic carbocycles. The number of nitrogens with one attached hydrogen (secondary N) is 2. The van der Waals surface area contributed by atoms with Crippen LogP contribution in [0.4, 0.5) is 11.4 Å². The third-order valence-corrected chi connectivity index (χ3v) is 5.13. The summed E-state index contributed by atoms with van der Waals surface area (Å²) in [4.78, 5) is 10.3. The Labute approximate surface area is 122 Å². The molecule has 0 radical (unpaired) electrons. The molecule has 8 nitrogen and oxygen atoms in total. The van der Waals surface area contributed by atoms with Gasteiger partial charge in [-0.1, -0.05) is 0 Å². The van der Waals surface area contributed by atoms with E-state index in [0.717, 1.165) is 19.0 Å². The Bertz CT molecular complexity index is 626. The molecule has 21 heavy (non-hydrogen) atoms. The highest BCUT2D eigenvalue weighted by atomic mass is 32.2. The minimum Gasteiger partial charge on any atom is -0.490 e. The Morgan fingerprint density at radius 2 is 2.24 bits per heavy atom. The summed E-state index contributed by atoms with van der Waals surface area (Å²) in [5.74, 6) is 0.0854. The molecule has 1 fully saturated rings. The summed E-state index contributed by atoms with van der Waals surface area (Å²) in [6.45, 7) is 1.19. The van der Waals surface area contributed by atoms with Gasteiger partial charge in [-0.05, 0) is 31.5 Å². The molecule has 2 rings (SSSR count). The van der Waals surface area contributed by atoms with E-state index < -0.39 is 20.2 Å². The van der Waals surface area contributed by atoms with Crippen LogP contribution in [0.3, 0.4) is 0 Å². The molecule has 1 atom stereocenters. The van der Waals surface area contributed by atoms with E-state index in [1.54, 1.807) is 0 Å². The van der Waals surface area contributed by atoms with Gasteiger partial charge in [0.1, 0.15) is 0 Å². The fourth-order valence-corrected chi connectivity index (χ4v) is 3.66. The lowest BCUT2D eigenvalue weighted by molar-refractivity contribution is -0.385. The first-order valence-corrected chi connectivity index (χ1v) is 8.03. The molecule has 0 amide bonds. The number of methoxy groups -OCH3 is 1. The van der Waals surface area contributed by atoms with E-state index in [2.05, 4.69) is 10.0 Å². The van der Waals surface area contributed by atoms with Gasteiger partial charge in [0.25, 0.3) is 0 Å². The zero-order valence-corrected chi connectivity index (χ0v) is 12.4. The van der Waals surface area contributed by atoms with Crippen LogP contribution in [0.1, 0.15) is 12.8 Å². The Morgan fingerprint density at radius 1 is 1.48 bits per heavy atom. The van der Waals surface area contributed by atoms with E-state index in [-0.39, 0.29) is 17.1 Å². The number of benzene rings is 1. The van der Waals surface area contributed by atoms with E-state index in [1.165, 1.54) is 19.2 Å². The highest BCUT2D eigenvalue weighted by Gasteiger charge is 2.28. The highest BCUT2D eigenvalue weighted by molar-refractivity contribution is 7.93. The maximum Gasteiger partial charge on any atom is 0.312 e. The molecule has 116 valence electrons. The number of anilines is 1. The maximum atomic E-state index is 12.2. The van der Waals surface area contributed by atoms with Crippen molar-refractivity contribution < 1.29 is 18.1 Å². The third-order valence-electron chi connectivity index (χ3n) is 3.33. The number of nitro benzene ring substituents is 1. The fourth-order valence-electron chi connectivity index (χ4n) is 2.23. The minimum atomic E-state index is -3.57. The van der Waals surface area contributed by atoms with Crippen molar-refractivity contribution >= 4 is 21.4 Å². The molecule has 9 heteroatoms. The molecule has 0 bridgehead atoms. The number of sulfonamides is 1. The molecular weight excluding hydrogens is 298 g/mol. The van der Waals surface area contributed by atoms with Gasteiger partial charge in [-0.15, -0.1) is 0 Å². The van der Waals surface area contributed by atoms with Crippen LogP contribution >= 0.6 is 0 Å². The number of rotatable bonds is 5. The number of nitro groups is 1. The van der Waals surface area contributed by atoms with E-state index in [0.29, 0.717) is 13.0 Å². The van der Waals surface area contributed by atoms with E-state index in [1.807, 2.05) is 0 Å². The van der Waals surface area contributed by atoms with Gasteiger partial charge in [-0.2, -0.15) is 0 Å². The van der Waals surface area contributed by atoms with Crippen molar-refractivity contribution in [1.82, 2.24) is 5.32 Å². The molecule has 1 unspecified atom stereocenters. The predicted molar refractivity (Wildman–Crippen MR) is 78.1 cm³/mol. The quantitative estimate of drug-likeness (QED) is 0.622. The largest absolute Gasteiger partial charge is 0.490 e. The molecule has 2 N–H and O–H groups in total. The number of piperidine rings is 1. The third kappa shape index (κ3) is 3.61. The van der Waals surface area contributed by atoms with E-state index in [9.17, 15) is 18.5 Å². The Balaban J connectivity index is 2.22. The monoisotopic (exact) mass is 315 g/mol. The average Bonchev–Trinajstić information content (AvgIpc) is 2.47. The molecule has 1 aliphatic heterocycles. The van der Waals surface area contributed by atoms with Crippen molar-refractivity contribution in [3.05, 3.63) is 28.3 Å². The summed E-state index contributed by atoms with van der Waals surface area (Å²) in [7, 11) is -2.26. The molecule has 1 aromatic rings. The van der Waals surface area contributed by atoms with Crippen LogP contribution in [-0.2, 0) is 10.0 Å². The summed E-state index contributed by atoms with van der Waals surface area (Å²) in [5.41, 5.74) is -0.118. The molecule has 0 aromatic heterocycles. The number of hydrogen-bond acceptors (Lipinski definition) is 6. The molecule has 1 aromatic carbocycles. The van der Waals surface area contributed by atoms with Crippen LogP contribution in [0.15, 0.2) is 18.2 Å². The second-order valence-corrected chi connectivity index (χ2v) is 6.72. The van der Waals surface area contributed by atoms with Crippen LogP contribution < -0.4 is 14.8 Å². The predicted octanol–water partition coefficient (Wildman–Crippen LogP) is 1.10. The van der Waals surface area contributed by atoms with Gasteiger partial charge in [0.15, 0.2) is 5.75 Å². The maximum absolute atomic E-state index is 12.2. The average molecular weight is 315 g/mol. The number of ether oxygens (including phenoxy) is 1. The van der Waals surface area contributed by atoms with Gasteiger partial charge in [0.05, 0.1) is 23.0 Å². The molecule has 1 heterocycles. The van der Waals surface area contributed by atoms with Gasteiger partial charge in [-0.25, -0.2) is 8.42 Å². The summed E-state index contributed by atoms with van der Waals surface area (Å²) in [6.07, 6.45) is 1.36. The van der Waals surface area contributed by atoms with Crippen molar-refractivity contribution in [2.75, 3.05) is 24.9 Å². The first kappa shape index (κ1) is 15.5. The second kappa shape index (κ2) is 6.27. The Kier molecular flexibility index (Phi) is 4.63. The van der Waals surface area contributed by atoms with Crippen LogP contribution in [0.5, 0.6) is 5.75 Å². The zero-order valence-electron chi connectivity index (χ0n) is 11.5. The van der Waals surface area contributed by atoms with Crippen molar-refractivity contribution in [3.8, 4) is 5.75 Å². The summed E-state index contributed by atoms with van der Waals surface area (Å²) >= 11 is 0. The topological polar surface area (TPSA) is 111 Å². The highest BCUT2D eigenvalue weighted by Crippen LogP contribution is 2.30. The standard InChI is InChI=1S/C12H17N3O5S/c1-20-12-5-4-9(7-11(12)15(16)17)14-21(18,19)10-3-2-6-13-8-10/h4-5,7,10,13-14H,2-3,6,8H2,1H3. The summed E-state index contributed by atoms with van der Waals surface area (Å²) in [6, 6.07) is 3.97. The van der Waals surface area contributed by atoms with Crippen LogP contribution in [0.2, 0.25) is 0 Å². The first-order valence-electron chi connectivity index (χ1n) is 6.49. The van der Waals surface area contributed by atoms with Gasteiger partial charge in [0, 0.05) is 12.6 Å². The van der Waals surface area contributed by atoms with Crippen LogP contribution in [0, 0.1) is 10.1 Å². The molecule has 0 saturated carbocycles. The smallest absolute Gasteiger partial charge is 0.312 e. The molecular formula is C12H17N3O5S. The van der Waals surface area contributed by atoms with Crippen molar-refractivity contribution in [1.29, 1.82) is 0 Å². The van der Waals surface area contributed by atoms with Crippen LogP contribution in [-0.4, -0.2) is 38.8 Å². The molecule has 1 aliphatic rings. The van der Waals surface area contributed by atoms with Gasteiger partial charge in [-0.3, -0.25) is 14.8 Å². The normalized spacial score (nSPS) is 19.0. The van der Waals surface area contributed by atoms with Crippen LogP contribution in [0.25, 0.3) is 0 Å². The van der Waals surface area contributed by atoms with Gasteiger partial charge >= 0.3 is 5.69 Å². The SMILES string of the molecule is COc1ccc(NS(=O)(=O)C2CCCNC2)cc1[N+](=O)[O-].